The van der Waals surface area contributed by atoms with Crippen molar-refractivity contribution in [2.24, 2.45) is 0 Å². The highest BCUT2D eigenvalue weighted by atomic mass is 31.1. The van der Waals surface area contributed by atoms with Gasteiger partial charge in [-0.05, 0) is 6.92 Å². The molecule has 0 rings (SSSR count). The number of hydrogen-bond donors (Lipinski definition) is 0. The van der Waals surface area contributed by atoms with Crippen LogP contribution in [0.25, 0.3) is 0 Å². The molecule has 0 spiro atoms. The molecule has 0 saturated heterocycles. The Morgan fingerprint density at radius 3 is 2.11 bits per heavy atom. The van der Waals surface area contributed by atoms with E-state index in [9.17, 15) is 4.57 Å². The van der Waals surface area contributed by atoms with Crippen molar-refractivity contribution in [2.45, 2.75) is 26.1 Å². The molecule has 0 fully saturated rings. The summed E-state index contributed by atoms with van der Waals surface area (Å²) in [6, 6.07) is 0. The number of hydrogen-bond acceptors (Lipinski definition) is 2. The van der Waals surface area contributed by atoms with Crippen molar-refractivity contribution in [3.05, 3.63) is 0 Å². The lowest BCUT2D eigenvalue weighted by atomic mass is 10.5. The molecule has 0 aromatic rings. The second-order valence-electron chi connectivity index (χ2n) is 2.35. The van der Waals surface area contributed by atoms with Gasteiger partial charge in [-0.1, -0.05) is 4.57 Å². The highest BCUT2D eigenvalue weighted by Crippen LogP contribution is 2.38. The van der Waals surface area contributed by atoms with Gasteiger partial charge in [-0.3, -0.25) is 0 Å². The smallest absolute Gasteiger partial charge is 0.336 e. The summed E-state index contributed by atoms with van der Waals surface area (Å²) in [6.45, 7) is 5.59. The topological polar surface area (TPSA) is 26.3 Å². The third-order valence-electron chi connectivity index (χ3n) is 1.39. The summed E-state index contributed by atoms with van der Waals surface area (Å²) in [7, 11) is 0.392. The largest absolute Gasteiger partial charge is 0.372 e. The molecule has 2 nitrogen and oxygen atoms in total. The molecule has 0 saturated carbocycles. The highest BCUT2D eigenvalue weighted by molar-refractivity contribution is 7.46. The third kappa shape index (κ3) is 2.42. The molecule has 54 valence electrons. The predicted octanol–water partition coefficient (Wildman–Crippen LogP) is 2.22. The van der Waals surface area contributed by atoms with Gasteiger partial charge in [0.25, 0.3) is 5.34 Å². The second-order valence-corrected chi connectivity index (χ2v) is 4.81. The van der Waals surface area contributed by atoms with E-state index in [1.165, 1.54) is 0 Å². The fourth-order valence-electron chi connectivity index (χ4n) is 0.483. The lowest BCUT2D eigenvalue weighted by Crippen LogP contribution is -2.17. The average molecular weight is 149 g/mol. The molecule has 9 heavy (non-hydrogen) atoms. The first-order valence-electron chi connectivity index (χ1n) is 3.04. The van der Waals surface area contributed by atoms with E-state index in [0.717, 1.165) is 0 Å². The van der Waals surface area contributed by atoms with Gasteiger partial charge in [0, 0.05) is 21.0 Å². The van der Waals surface area contributed by atoms with Gasteiger partial charge in [0.15, 0.2) is 0 Å². The quantitative estimate of drug-likeness (QED) is 0.575. The van der Waals surface area contributed by atoms with E-state index in [1.807, 2.05) is 20.8 Å². The molecule has 1 atom stereocenters. The van der Waals surface area contributed by atoms with Crippen molar-refractivity contribution in [3.8, 4) is 0 Å². The van der Waals surface area contributed by atoms with E-state index >= 15 is 0 Å². The zero-order valence-electron chi connectivity index (χ0n) is 6.47. The molecule has 0 amide bonds. The van der Waals surface area contributed by atoms with E-state index in [4.69, 9.17) is 4.74 Å². The van der Waals surface area contributed by atoms with Crippen LogP contribution in [0, 0.1) is 0 Å². The highest BCUT2D eigenvalue weighted by Gasteiger charge is 2.37. The number of methoxy groups -OCH3 is 1. The minimum absolute atomic E-state index is 0.440. The van der Waals surface area contributed by atoms with Crippen molar-refractivity contribution < 1.29 is 9.30 Å². The fourth-order valence-corrected chi connectivity index (χ4v) is 1.45. The van der Waals surface area contributed by atoms with Crippen LogP contribution in [0.2, 0.25) is 0 Å². The normalized spacial score (nSPS) is 13.6. The van der Waals surface area contributed by atoms with Crippen LogP contribution >= 0.6 is 7.80 Å². The summed E-state index contributed by atoms with van der Waals surface area (Å²) in [5.74, 6) is 0. The molecule has 0 aromatic carbocycles. The first-order valence-corrected chi connectivity index (χ1v) is 4.49. The summed E-state index contributed by atoms with van der Waals surface area (Å²) in [4.78, 5) is 0. The first-order chi connectivity index (χ1) is 4.04. The molecule has 0 aliphatic carbocycles. The SMILES string of the molecule is CC[P+](=O)C(C)(C)OC. The molecule has 0 heterocycles. The van der Waals surface area contributed by atoms with Crippen molar-refractivity contribution in [1.29, 1.82) is 0 Å². The van der Waals surface area contributed by atoms with Gasteiger partial charge in [0.1, 0.15) is 6.16 Å². The number of rotatable bonds is 3. The Balaban J connectivity index is 3.97. The lowest BCUT2D eigenvalue weighted by Gasteiger charge is -2.09. The van der Waals surface area contributed by atoms with Crippen molar-refractivity contribution in [2.75, 3.05) is 13.3 Å². The van der Waals surface area contributed by atoms with Crippen LogP contribution in [-0.2, 0) is 9.30 Å². The summed E-state index contributed by atoms with van der Waals surface area (Å²) in [6.07, 6.45) is 0.691. The molecular weight excluding hydrogens is 135 g/mol. The first kappa shape index (κ1) is 9.06. The Labute approximate surface area is 57.4 Å². The van der Waals surface area contributed by atoms with E-state index in [2.05, 4.69) is 0 Å². The van der Waals surface area contributed by atoms with Crippen LogP contribution in [0.1, 0.15) is 20.8 Å². The van der Waals surface area contributed by atoms with Crippen LogP contribution in [0.3, 0.4) is 0 Å². The molecule has 0 N–H and O–H groups in total. The van der Waals surface area contributed by atoms with Crippen molar-refractivity contribution in [3.63, 3.8) is 0 Å². The van der Waals surface area contributed by atoms with Gasteiger partial charge in [-0.15, -0.1) is 0 Å². The van der Waals surface area contributed by atoms with Crippen molar-refractivity contribution >= 4 is 7.80 Å². The summed E-state index contributed by atoms with van der Waals surface area (Å²) >= 11 is 0. The Morgan fingerprint density at radius 1 is 1.56 bits per heavy atom. The minimum atomic E-state index is -1.19. The van der Waals surface area contributed by atoms with Gasteiger partial charge in [0.2, 0.25) is 0 Å². The van der Waals surface area contributed by atoms with Gasteiger partial charge in [-0.25, -0.2) is 0 Å². The molecule has 0 aliphatic rings. The third-order valence-corrected chi connectivity index (χ3v) is 3.35. The molecule has 0 aliphatic heterocycles. The zero-order valence-corrected chi connectivity index (χ0v) is 7.37. The van der Waals surface area contributed by atoms with Gasteiger partial charge in [0.05, 0.1) is 0 Å². The van der Waals surface area contributed by atoms with E-state index in [0.29, 0.717) is 6.16 Å². The minimum Gasteiger partial charge on any atom is -0.336 e. The maximum atomic E-state index is 11.1. The molecule has 1 unspecified atom stereocenters. The fraction of sp³-hybridized carbons (Fsp3) is 1.00. The van der Waals surface area contributed by atoms with Gasteiger partial charge in [-0.2, -0.15) is 0 Å². The van der Waals surface area contributed by atoms with E-state index < -0.39 is 13.1 Å². The maximum Gasteiger partial charge on any atom is 0.372 e. The van der Waals surface area contributed by atoms with E-state index in [-0.39, 0.29) is 0 Å². The molecule has 0 aromatic heterocycles. The maximum absolute atomic E-state index is 11.1. The Hall–Kier alpha value is 0.0600. The molecule has 3 heteroatoms. The van der Waals surface area contributed by atoms with Crippen LogP contribution in [0.4, 0.5) is 0 Å². The number of ether oxygens (including phenoxy) is 1. The van der Waals surface area contributed by atoms with Crippen LogP contribution in [-0.4, -0.2) is 18.6 Å². The molecular formula is C6H14O2P+. The Bertz CT molecular complexity index is 110. The summed E-state index contributed by atoms with van der Waals surface area (Å²) in [5, 5.41) is -0.440. The Morgan fingerprint density at radius 2 is 2.00 bits per heavy atom. The van der Waals surface area contributed by atoms with Crippen LogP contribution in [0.15, 0.2) is 0 Å². The second kappa shape index (κ2) is 3.28. The molecule has 0 radical (unpaired) electrons. The van der Waals surface area contributed by atoms with Gasteiger partial charge >= 0.3 is 7.80 Å². The summed E-state index contributed by atoms with van der Waals surface area (Å²) in [5.41, 5.74) is 0. The predicted molar refractivity (Wildman–Crippen MR) is 39.2 cm³/mol. The van der Waals surface area contributed by atoms with E-state index in [1.54, 1.807) is 7.11 Å². The zero-order chi connectivity index (χ0) is 7.49. The monoisotopic (exact) mass is 149 g/mol. The van der Waals surface area contributed by atoms with Crippen LogP contribution < -0.4 is 0 Å². The van der Waals surface area contributed by atoms with Crippen molar-refractivity contribution in [1.82, 2.24) is 0 Å². The molecule has 0 bridgehead atoms. The summed E-state index contributed by atoms with van der Waals surface area (Å²) < 4.78 is 16.1. The van der Waals surface area contributed by atoms with Gasteiger partial charge < -0.3 is 4.74 Å². The Kier molecular flexibility index (Phi) is 3.31. The standard InChI is InChI=1S/C6H14O2P/c1-5-9(7)6(2,3)8-4/h5H2,1-4H3/q+1. The van der Waals surface area contributed by atoms with Crippen LogP contribution in [0.5, 0.6) is 0 Å². The average Bonchev–Trinajstić information content (AvgIpc) is 1.86. The lowest BCUT2D eigenvalue weighted by molar-refractivity contribution is 0.0948.